The number of nitrogens with one attached hydrogen (secondary N) is 1. The van der Waals surface area contributed by atoms with E-state index >= 15 is 0 Å². The van der Waals surface area contributed by atoms with Crippen molar-refractivity contribution >= 4 is 11.6 Å². The molecule has 0 radical (unpaired) electrons. The minimum absolute atomic E-state index is 0.114. The highest BCUT2D eigenvalue weighted by Crippen LogP contribution is 2.21. The number of halogens is 1. The topological polar surface area (TPSA) is 68.0 Å². The predicted molar refractivity (Wildman–Crippen MR) is 97.2 cm³/mol. The molecule has 0 aliphatic carbocycles. The Labute approximate surface area is 151 Å². The Morgan fingerprint density at radius 1 is 1.12 bits per heavy atom. The van der Waals surface area contributed by atoms with E-state index < -0.39 is 5.82 Å². The minimum Gasteiger partial charge on any atom is -0.421 e. The normalized spacial score (nSPS) is 10.9. The first-order chi connectivity index (χ1) is 12.5. The number of anilines is 1. The molecule has 0 unspecified atom stereocenters. The van der Waals surface area contributed by atoms with Gasteiger partial charge in [0.05, 0.1) is 5.56 Å². The lowest BCUT2D eigenvalue weighted by atomic mass is 10.0. The zero-order chi connectivity index (χ0) is 18.5. The molecule has 0 aliphatic rings. The van der Waals surface area contributed by atoms with E-state index in [1.54, 1.807) is 18.2 Å². The van der Waals surface area contributed by atoms with Crippen molar-refractivity contribution in [1.29, 1.82) is 0 Å². The van der Waals surface area contributed by atoms with Gasteiger partial charge in [-0.2, -0.15) is 0 Å². The molecule has 0 spiro atoms. The van der Waals surface area contributed by atoms with Gasteiger partial charge in [0.1, 0.15) is 5.82 Å². The molecule has 0 aliphatic heterocycles. The van der Waals surface area contributed by atoms with Crippen LogP contribution in [0.4, 0.5) is 10.1 Å². The predicted octanol–water partition coefficient (Wildman–Crippen LogP) is 4.57. The lowest BCUT2D eigenvalue weighted by Crippen LogP contribution is -2.12. The van der Waals surface area contributed by atoms with Crippen molar-refractivity contribution in [2.24, 2.45) is 0 Å². The second-order valence-electron chi connectivity index (χ2n) is 6.31. The summed E-state index contributed by atoms with van der Waals surface area (Å²) in [6.07, 6.45) is 0.488. The summed E-state index contributed by atoms with van der Waals surface area (Å²) in [6.45, 7) is 4.24. The van der Waals surface area contributed by atoms with E-state index in [4.69, 9.17) is 4.42 Å². The summed E-state index contributed by atoms with van der Waals surface area (Å²) >= 11 is 0. The quantitative estimate of drug-likeness (QED) is 0.705. The maximum atomic E-state index is 13.7. The van der Waals surface area contributed by atoms with Crippen LogP contribution in [0.1, 0.15) is 37.6 Å². The van der Waals surface area contributed by atoms with E-state index in [2.05, 4.69) is 29.4 Å². The van der Waals surface area contributed by atoms with Crippen LogP contribution in [0.5, 0.6) is 0 Å². The van der Waals surface area contributed by atoms with E-state index in [1.807, 2.05) is 24.3 Å². The summed E-state index contributed by atoms with van der Waals surface area (Å²) in [6, 6.07) is 14.0. The van der Waals surface area contributed by atoms with Gasteiger partial charge < -0.3 is 9.73 Å². The number of nitrogens with zero attached hydrogens (tertiary/aromatic N) is 2. The van der Waals surface area contributed by atoms with Crippen molar-refractivity contribution in [1.82, 2.24) is 10.2 Å². The van der Waals surface area contributed by atoms with Gasteiger partial charge in [-0.3, -0.25) is 4.79 Å². The molecule has 5 nitrogen and oxygen atoms in total. The van der Waals surface area contributed by atoms with Gasteiger partial charge in [0.2, 0.25) is 11.8 Å². The highest BCUT2D eigenvalue weighted by Gasteiger charge is 2.13. The molecule has 1 heterocycles. The van der Waals surface area contributed by atoms with Gasteiger partial charge in [-0.25, -0.2) is 4.39 Å². The third-order valence-electron chi connectivity index (χ3n) is 4.00. The maximum Gasteiger partial charge on any atom is 0.250 e. The van der Waals surface area contributed by atoms with Crippen molar-refractivity contribution in [3.63, 3.8) is 0 Å². The van der Waals surface area contributed by atoms with Crippen LogP contribution in [0.2, 0.25) is 0 Å². The Balaban J connectivity index is 1.56. The number of benzene rings is 2. The Morgan fingerprint density at radius 3 is 2.54 bits per heavy atom. The van der Waals surface area contributed by atoms with Crippen LogP contribution in [-0.4, -0.2) is 16.1 Å². The fraction of sp³-hybridized carbons (Fsp3) is 0.250. The smallest absolute Gasteiger partial charge is 0.250 e. The monoisotopic (exact) mass is 353 g/mol. The average Bonchev–Trinajstić information content (AvgIpc) is 3.09. The third kappa shape index (κ3) is 4.33. The first kappa shape index (κ1) is 17.8. The number of aryl methyl sites for hydroxylation is 1. The fourth-order valence-corrected chi connectivity index (χ4v) is 2.49. The zero-order valence-corrected chi connectivity index (χ0v) is 14.7. The molecule has 3 rings (SSSR count). The second kappa shape index (κ2) is 7.91. The van der Waals surface area contributed by atoms with Crippen LogP contribution < -0.4 is 5.32 Å². The van der Waals surface area contributed by atoms with Gasteiger partial charge in [0, 0.05) is 18.5 Å². The molecule has 1 amide bonds. The van der Waals surface area contributed by atoms with Crippen LogP contribution in [0.25, 0.3) is 11.5 Å². The Hall–Kier alpha value is -3.02. The Kier molecular flexibility index (Phi) is 5.41. The Morgan fingerprint density at radius 2 is 1.85 bits per heavy atom. The number of carbonyl (C=O) groups excluding carboxylic acids is 1. The highest BCUT2D eigenvalue weighted by molar-refractivity contribution is 5.90. The number of aromatic nitrogens is 2. The minimum atomic E-state index is -0.426. The van der Waals surface area contributed by atoms with Gasteiger partial charge in [-0.15, -0.1) is 10.2 Å². The van der Waals surface area contributed by atoms with Crippen molar-refractivity contribution in [3.8, 4) is 11.5 Å². The molecular formula is C20H20FN3O2. The molecule has 1 aromatic heterocycles. The molecule has 1 N–H and O–H groups in total. The number of amides is 1. The van der Waals surface area contributed by atoms with Crippen molar-refractivity contribution < 1.29 is 13.6 Å². The van der Waals surface area contributed by atoms with Crippen LogP contribution in [0.3, 0.4) is 0 Å². The van der Waals surface area contributed by atoms with E-state index in [-0.39, 0.29) is 30.2 Å². The molecular weight excluding hydrogens is 333 g/mol. The van der Waals surface area contributed by atoms with Gasteiger partial charge in [0.15, 0.2) is 0 Å². The largest absolute Gasteiger partial charge is 0.421 e. The lowest BCUT2D eigenvalue weighted by Gasteiger charge is -2.08. The van der Waals surface area contributed by atoms with Gasteiger partial charge in [-0.1, -0.05) is 38.1 Å². The van der Waals surface area contributed by atoms with E-state index in [0.717, 1.165) is 5.69 Å². The standard InChI is InChI=1S/C20H20FN3O2/c1-13(2)14-7-9-15(10-8-14)22-18(25)11-12-19-23-24-20(26-19)16-5-3-4-6-17(16)21/h3-10,13H,11-12H2,1-2H3,(H,22,25). The fourth-order valence-electron chi connectivity index (χ4n) is 2.49. The van der Waals surface area contributed by atoms with Gasteiger partial charge in [-0.05, 0) is 35.7 Å². The summed E-state index contributed by atoms with van der Waals surface area (Å²) in [4.78, 5) is 12.1. The molecule has 0 atom stereocenters. The van der Waals surface area contributed by atoms with E-state index in [9.17, 15) is 9.18 Å². The molecule has 0 fully saturated rings. The molecule has 0 bridgehead atoms. The van der Waals surface area contributed by atoms with Crippen molar-refractivity contribution in [3.05, 3.63) is 65.8 Å². The summed E-state index contributed by atoms with van der Waals surface area (Å²) in [5, 5.41) is 10.6. The van der Waals surface area contributed by atoms with Crippen molar-refractivity contribution in [2.75, 3.05) is 5.32 Å². The lowest BCUT2D eigenvalue weighted by molar-refractivity contribution is -0.116. The maximum absolute atomic E-state index is 13.7. The summed E-state index contributed by atoms with van der Waals surface area (Å²) in [5.41, 5.74) is 2.22. The second-order valence-corrected chi connectivity index (χ2v) is 6.31. The number of hydrogen-bond donors (Lipinski definition) is 1. The summed E-state index contributed by atoms with van der Waals surface area (Å²) in [7, 11) is 0. The summed E-state index contributed by atoms with van der Waals surface area (Å²) < 4.78 is 19.2. The summed E-state index contributed by atoms with van der Waals surface area (Å²) in [5.74, 6) is 0.287. The van der Waals surface area contributed by atoms with Crippen LogP contribution >= 0.6 is 0 Å². The molecule has 0 saturated carbocycles. The molecule has 6 heteroatoms. The molecule has 3 aromatic rings. The number of carbonyl (C=O) groups is 1. The number of rotatable bonds is 6. The molecule has 26 heavy (non-hydrogen) atoms. The van der Waals surface area contributed by atoms with Gasteiger partial charge >= 0.3 is 0 Å². The van der Waals surface area contributed by atoms with Crippen LogP contribution in [0.15, 0.2) is 52.9 Å². The van der Waals surface area contributed by atoms with Crippen LogP contribution in [-0.2, 0) is 11.2 Å². The first-order valence-electron chi connectivity index (χ1n) is 8.50. The molecule has 134 valence electrons. The third-order valence-corrected chi connectivity index (χ3v) is 4.00. The van der Waals surface area contributed by atoms with Gasteiger partial charge in [0.25, 0.3) is 5.89 Å². The molecule has 0 saturated heterocycles. The van der Waals surface area contributed by atoms with E-state index in [0.29, 0.717) is 11.8 Å². The van der Waals surface area contributed by atoms with E-state index in [1.165, 1.54) is 11.6 Å². The SMILES string of the molecule is CC(C)c1ccc(NC(=O)CCc2nnc(-c3ccccc3F)o2)cc1. The average molecular weight is 353 g/mol. The first-order valence-corrected chi connectivity index (χ1v) is 8.50. The number of hydrogen-bond acceptors (Lipinski definition) is 4. The highest BCUT2D eigenvalue weighted by atomic mass is 19.1. The zero-order valence-electron chi connectivity index (χ0n) is 14.7. The Bertz CT molecular complexity index is 888. The van der Waals surface area contributed by atoms with Crippen LogP contribution in [0, 0.1) is 5.82 Å². The molecule has 2 aromatic carbocycles. The van der Waals surface area contributed by atoms with Crippen molar-refractivity contribution in [2.45, 2.75) is 32.6 Å².